The van der Waals surface area contributed by atoms with E-state index in [-0.39, 0.29) is 26.1 Å². The van der Waals surface area contributed by atoms with E-state index in [1.165, 1.54) is 32.0 Å². The molecule has 0 bridgehead atoms. The van der Waals surface area contributed by atoms with Gasteiger partial charge in [0.2, 0.25) is 0 Å². The molecule has 0 aromatic heterocycles. The van der Waals surface area contributed by atoms with Crippen molar-refractivity contribution in [2.45, 2.75) is 70.6 Å². The minimum Gasteiger partial charge on any atom is -0.460 e. The topological polar surface area (TPSA) is 100 Å². The highest BCUT2D eigenvalue weighted by molar-refractivity contribution is 7.54. The molecule has 0 fully saturated rings. The number of alkyl halides is 3. The van der Waals surface area contributed by atoms with Gasteiger partial charge in [0.15, 0.2) is 0 Å². The van der Waals surface area contributed by atoms with Crippen molar-refractivity contribution in [2.75, 3.05) is 20.3 Å². The Labute approximate surface area is 198 Å². The van der Waals surface area contributed by atoms with Crippen molar-refractivity contribution in [3.8, 4) is 0 Å². The molecule has 1 N–H and O–H groups in total. The summed E-state index contributed by atoms with van der Waals surface area (Å²) >= 11 is 0. The van der Waals surface area contributed by atoms with Crippen LogP contribution in [-0.2, 0) is 38.3 Å². The normalized spacial score (nSPS) is 15.3. The molecule has 0 heterocycles. The van der Waals surface area contributed by atoms with Gasteiger partial charge in [0.25, 0.3) is 11.5 Å². The Kier molecular flexibility index (Phi) is 10.8. The average Bonchev–Trinajstić information content (AvgIpc) is 2.70. The number of rotatable bonds is 12. The number of nitrogens with one attached hydrogen (secondary N) is 1. The first kappa shape index (κ1) is 30.1. The lowest BCUT2D eigenvalue weighted by atomic mass is 9.91. The summed E-state index contributed by atoms with van der Waals surface area (Å²) in [4.78, 5) is 25.4. The Morgan fingerprint density at radius 1 is 1.03 bits per heavy atom. The van der Waals surface area contributed by atoms with Crippen LogP contribution in [0.3, 0.4) is 0 Å². The van der Waals surface area contributed by atoms with Crippen LogP contribution in [0.25, 0.3) is 0 Å². The van der Waals surface area contributed by atoms with E-state index >= 15 is 0 Å². The third-order valence-corrected chi connectivity index (χ3v) is 6.93. The predicted molar refractivity (Wildman–Crippen MR) is 119 cm³/mol. The summed E-state index contributed by atoms with van der Waals surface area (Å²) in [5, 5.41) is 2.14. The molecule has 8 nitrogen and oxygen atoms in total. The maximum Gasteiger partial charge on any atom is 0.430 e. The van der Waals surface area contributed by atoms with Crippen LogP contribution in [0.15, 0.2) is 30.3 Å². The van der Waals surface area contributed by atoms with Crippen molar-refractivity contribution in [1.29, 1.82) is 0 Å². The van der Waals surface area contributed by atoms with Gasteiger partial charge in [-0.25, -0.2) is 0 Å². The highest BCUT2D eigenvalue weighted by atomic mass is 31.2. The molecule has 0 aliphatic heterocycles. The van der Waals surface area contributed by atoms with Gasteiger partial charge in [-0.2, -0.15) is 13.2 Å². The van der Waals surface area contributed by atoms with Gasteiger partial charge in [-0.15, -0.1) is 0 Å². The molecule has 0 aliphatic rings. The summed E-state index contributed by atoms with van der Waals surface area (Å²) in [5.41, 5.74) is -4.69. The Hall–Kier alpha value is -1.94. The molecule has 0 saturated carbocycles. The maximum atomic E-state index is 14.3. The molecule has 2 atom stereocenters. The van der Waals surface area contributed by atoms with Gasteiger partial charge in [-0.3, -0.25) is 14.2 Å². The van der Waals surface area contributed by atoms with Crippen molar-refractivity contribution in [3.63, 3.8) is 0 Å². The zero-order valence-electron chi connectivity index (χ0n) is 20.2. The molecule has 0 aliphatic carbocycles. The third kappa shape index (κ3) is 7.53. The second kappa shape index (κ2) is 12.2. The molecule has 1 rings (SSSR count). The lowest BCUT2D eigenvalue weighted by molar-refractivity contribution is -0.266. The Morgan fingerprint density at radius 2 is 1.56 bits per heavy atom. The molecule has 0 unspecified atom stereocenters. The Bertz CT molecular complexity index is 848. The molecule has 194 valence electrons. The summed E-state index contributed by atoms with van der Waals surface area (Å²) in [7, 11) is -3.43. The van der Waals surface area contributed by atoms with Crippen molar-refractivity contribution in [1.82, 2.24) is 5.32 Å². The van der Waals surface area contributed by atoms with Gasteiger partial charge in [-0.1, -0.05) is 30.3 Å². The van der Waals surface area contributed by atoms with E-state index in [0.717, 1.165) is 19.2 Å². The smallest absolute Gasteiger partial charge is 0.430 e. The van der Waals surface area contributed by atoms with E-state index in [4.69, 9.17) is 18.5 Å². The van der Waals surface area contributed by atoms with Gasteiger partial charge in [0.05, 0.1) is 13.2 Å². The molecule has 0 radical (unpaired) electrons. The zero-order chi connectivity index (χ0) is 26.2. The lowest BCUT2D eigenvalue weighted by Gasteiger charge is -2.36. The fraction of sp³-hybridized carbons (Fsp3) is 0.636. The molecular weight excluding hydrogens is 478 g/mol. The number of hydrogen-bond donors (Lipinski definition) is 1. The van der Waals surface area contributed by atoms with Gasteiger partial charge >= 0.3 is 19.7 Å². The van der Waals surface area contributed by atoms with E-state index in [0.29, 0.717) is 0 Å². The maximum absolute atomic E-state index is 14.3. The minimum absolute atomic E-state index is 0.108. The second-order valence-corrected chi connectivity index (χ2v) is 10.5. The summed E-state index contributed by atoms with van der Waals surface area (Å²) in [6, 6.07) is 6.33. The first-order valence-corrected chi connectivity index (χ1v) is 12.4. The summed E-state index contributed by atoms with van der Waals surface area (Å²) in [5.74, 6) is -3.89. The van der Waals surface area contributed by atoms with Crippen molar-refractivity contribution >= 4 is 19.5 Å². The molecule has 0 spiro atoms. The van der Waals surface area contributed by atoms with E-state index < -0.39 is 48.2 Å². The fourth-order valence-electron chi connectivity index (χ4n) is 3.21. The predicted octanol–water partition coefficient (Wildman–Crippen LogP) is 4.92. The monoisotopic (exact) mass is 511 g/mol. The van der Waals surface area contributed by atoms with Gasteiger partial charge in [0.1, 0.15) is 11.4 Å². The number of benzene rings is 1. The zero-order valence-corrected chi connectivity index (χ0v) is 21.1. The van der Waals surface area contributed by atoms with Crippen LogP contribution in [0.2, 0.25) is 0 Å². The van der Waals surface area contributed by atoms with Gasteiger partial charge in [0, 0.05) is 19.1 Å². The average molecular weight is 511 g/mol. The second-order valence-electron chi connectivity index (χ2n) is 8.24. The Balaban J connectivity index is 3.41. The van der Waals surface area contributed by atoms with Crippen LogP contribution in [-0.4, -0.2) is 49.8 Å². The number of esters is 1. The van der Waals surface area contributed by atoms with E-state index in [2.05, 4.69) is 5.32 Å². The minimum atomic E-state index is -5.18. The van der Waals surface area contributed by atoms with Crippen molar-refractivity contribution < 1.29 is 45.8 Å². The standard InChI is InChI=1S/C22H33F3NO7P/c1-7-31-34(29,32-8-2)17(14-15-18(27)33-20(3,4)5)26-19(28)21(30-6,22(23,24)25)16-12-10-9-11-13-16/h9-13,17H,7-8,14-15H2,1-6H3,(H,26,28)/t17-,21-/m0/s1. The first-order chi connectivity index (χ1) is 15.7. The van der Waals surface area contributed by atoms with E-state index in [1.54, 1.807) is 20.8 Å². The van der Waals surface area contributed by atoms with Gasteiger partial charge in [-0.05, 0) is 41.0 Å². The van der Waals surface area contributed by atoms with Crippen LogP contribution < -0.4 is 5.32 Å². The summed E-state index contributed by atoms with van der Waals surface area (Å²) in [6.07, 6.45) is -5.89. The molecule has 1 aromatic rings. The molecule has 12 heteroatoms. The number of hydrogen-bond acceptors (Lipinski definition) is 7. The highest BCUT2D eigenvalue weighted by Gasteiger charge is 2.63. The molecule has 1 amide bonds. The van der Waals surface area contributed by atoms with Crippen LogP contribution in [0.4, 0.5) is 13.2 Å². The molecule has 1 aromatic carbocycles. The SMILES string of the molecule is CCOP(=O)(OCC)[C@@H](CCC(=O)OC(C)(C)C)NC(=O)[C@@](OC)(c1ccccc1)C(F)(F)F. The highest BCUT2D eigenvalue weighted by Crippen LogP contribution is 2.54. The van der Waals surface area contributed by atoms with Crippen molar-refractivity contribution in [2.24, 2.45) is 0 Å². The molecule has 34 heavy (non-hydrogen) atoms. The van der Waals surface area contributed by atoms with E-state index in [9.17, 15) is 27.3 Å². The number of carbonyl (C=O) groups excluding carboxylic acids is 2. The number of amides is 1. The lowest BCUT2D eigenvalue weighted by Crippen LogP contribution is -2.57. The number of ether oxygens (including phenoxy) is 2. The van der Waals surface area contributed by atoms with Crippen LogP contribution in [0.1, 0.15) is 53.0 Å². The number of carbonyl (C=O) groups is 2. The van der Waals surface area contributed by atoms with Gasteiger partial charge < -0.3 is 23.8 Å². The van der Waals surface area contributed by atoms with Crippen LogP contribution in [0.5, 0.6) is 0 Å². The first-order valence-electron chi connectivity index (χ1n) is 10.8. The van der Waals surface area contributed by atoms with Crippen LogP contribution in [0, 0.1) is 0 Å². The number of methoxy groups -OCH3 is 1. The summed E-state index contributed by atoms with van der Waals surface area (Å²) in [6.45, 7) is 7.74. The molecular formula is C22H33F3NO7P. The van der Waals surface area contributed by atoms with Crippen molar-refractivity contribution in [3.05, 3.63) is 35.9 Å². The van der Waals surface area contributed by atoms with Crippen LogP contribution >= 0.6 is 7.60 Å². The van der Waals surface area contributed by atoms with E-state index in [1.807, 2.05) is 0 Å². The fourth-order valence-corrected chi connectivity index (χ4v) is 5.08. The largest absolute Gasteiger partial charge is 0.460 e. The molecule has 0 saturated heterocycles. The Morgan fingerprint density at radius 3 is 1.97 bits per heavy atom. The number of halogens is 3. The third-order valence-electron chi connectivity index (χ3n) is 4.54. The quantitative estimate of drug-likeness (QED) is 0.314. The summed E-state index contributed by atoms with van der Waals surface area (Å²) < 4.78 is 76.7.